The van der Waals surface area contributed by atoms with Gasteiger partial charge in [-0.1, -0.05) is 11.3 Å². The van der Waals surface area contributed by atoms with Crippen LogP contribution >= 0.6 is 11.3 Å². The maximum Gasteiger partial charge on any atom is 0.435 e. The third-order valence-corrected chi connectivity index (χ3v) is 4.00. The van der Waals surface area contributed by atoms with Crippen LogP contribution in [0.3, 0.4) is 0 Å². The molecule has 0 atom stereocenters. The molecular formula is C14H9F4N5OS. The molecule has 0 fully saturated rings. The van der Waals surface area contributed by atoms with E-state index in [1.54, 1.807) is 18.6 Å². The zero-order valence-corrected chi connectivity index (χ0v) is 13.3. The summed E-state index contributed by atoms with van der Waals surface area (Å²) in [5.41, 5.74) is -2.57. The number of aromatic nitrogens is 4. The summed E-state index contributed by atoms with van der Waals surface area (Å²) >= 11 is 1.08. The van der Waals surface area contributed by atoms with Crippen molar-refractivity contribution in [2.75, 3.05) is 0 Å². The highest BCUT2D eigenvalue weighted by Gasteiger charge is 2.42. The van der Waals surface area contributed by atoms with Crippen LogP contribution in [0.4, 0.5) is 17.6 Å². The van der Waals surface area contributed by atoms with Gasteiger partial charge in [0, 0.05) is 18.6 Å². The molecule has 0 radical (unpaired) electrons. The van der Waals surface area contributed by atoms with E-state index in [9.17, 15) is 22.4 Å². The van der Waals surface area contributed by atoms with Crippen molar-refractivity contribution in [2.24, 2.45) is 12.0 Å². The molecule has 1 aromatic carbocycles. The average Bonchev–Trinajstić information content (AvgIpc) is 3.14. The SMILES string of the molecule is Cn1ccsc1=NC(=O)c1nnn(-c2cccc(F)c2)c1C(F)(F)F. The second-order valence-electron chi connectivity index (χ2n) is 4.89. The molecule has 0 aliphatic heterocycles. The predicted molar refractivity (Wildman–Crippen MR) is 79.5 cm³/mol. The van der Waals surface area contributed by atoms with Gasteiger partial charge in [-0.15, -0.1) is 16.4 Å². The number of thiazole rings is 1. The van der Waals surface area contributed by atoms with Gasteiger partial charge in [0.1, 0.15) is 5.82 Å². The molecule has 3 rings (SSSR count). The smallest absolute Gasteiger partial charge is 0.327 e. The van der Waals surface area contributed by atoms with Gasteiger partial charge in [-0.05, 0) is 18.2 Å². The second-order valence-corrected chi connectivity index (χ2v) is 5.76. The molecule has 0 aliphatic carbocycles. The lowest BCUT2D eigenvalue weighted by molar-refractivity contribution is -0.143. The Morgan fingerprint density at radius 1 is 1.32 bits per heavy atom. The molecule has 0 bridgehead atoms. The summed E-state index contributed by atoms with van der Waals surface area (Å²) in [6.07, 6.45) is -3.33. The fourth-order valence-corrected chi connectivity index (χ4v) is 2.77. The quantitative estimate of drug-likeness (QED) is 0.651. The van der Waals surface area contributed by atoms with E-state index in [1.165, 1.54) is 16.7 Å². The molecule has 25 heavy (non-hydrogen) atoms. The number of amides is 1. The van der Waals surface area contributed by atoms with Gasteiger partial charge in [-0.25, -0.2) is 9.07 Å². The first-order chi connectivity index (χ1) is 11.8. The van der Waals surface area contributed by atoms with Gasteiger partial charge in [0.2, 0.25) is 0 Å². The van der Waals surface area contributed by atoms with Crippen molar-refractivity contribution in [3.8, 4) is 5.69 Å². The highest BCUT2D eigenvalue weighted by molar-refractivity contribution is 7.07. The molecule has 0 spiro atoms. The van der Waals surface area contributed by atoms with E-state index in [0.717, 1.165) is 23.5 Å². The number of benzene rings is 1. The standard InChI is InChI=1S/C14H9F4N5OS/c1-22-5-6-25-13(22)19-12(24)10-11(14(16,17)18)23(21-20-10)9-4-2-3-8(15)7-9/h2-7H,1H3. The molecule has 0 saturated heterocycles. The van der Waals surface area contributed by atoms with E-state index in [4.69, 9.17) is 0 Å². The van der Waals surface area contributed by atoms with E-state index in [1.807, 2.05) is 0 Å². The summed E-state index contributed by atoms with van der Waals surface area (Å²) < 4.78 is 55.5. The van der Waals surface area contributed by atoms with Crippen molar-refractivity contribution in [2.45, 2.75) is 6.18 Å². The molecular weight excluding hydrogens is 362 g/mol. The van der Waals surface area contributed by atoms with Gasteiger partial charge < -0.3 is 4.57 Å². The number of halogens is 4. The molecule has 0 unspecified atom stereocenters. The van der Waals surface area contributed by atoms with Crippen LogP contribution in [0.1, 0.15) is 16.2 Å². The number of nitrogens with zero attached hydrogens (tertiary/aromatic N) is 5. The maximum atomic E-state index is 13.5. The molecule has 3 aromatic rings. The molecule has 6 nitrogen and oxygen atoms in total. The average molecular weight is 371 g/mol. The fraction of sp³-hybridized carbons (Fsp3) is 0.143. The van der Waals surface area contributed by atoms with Crippen LogP contribution in [0.2, 0.25) is 0 Å². The molecule has 2 heterocycles. The van der Waals surface area contributed by atoms with Crippen LogP contribution in [0, 0.1) is 5.82 Å². The highest BCUT2D eigenvalue weighted by atomic mass is 32.1. The summed E-state index contributed by atoms with van der Waals surface area (Å²) in [7, 11) is 1.59. The number of carbonyl (C=O) groups is 1. The first-order valence-electron chi connectivity index (χ1n) is 6.75. The van der Waals surface area contributed by atoms with E-state index in [0.29, 0.717) is 4.68 Å². The molecule has 0 saturated carbocycles. The van der Waals surface area contributed by atoms with E-state index >= 15 is 0 Å². The molecule has 1 amide bonds. The van der Waals surface area contributed by atoms with Crippen LogP contribution in [-0.4, -0.2) is 25.5 Å². The Morgan fingerprint density at radius 3 is 2.68 bits per heavy atom. The number of hydrogen-bond donors (Lipinski definition) is 0. The molecule has 0 N–H and O–H groups in total. The molecule has 2 aromatic heterocycles. The van der Waals surface area contributed by atoms with Gasteiger partial charge in [-0.2, -0.15) is 18.2 Å². The van der Waals surface area contributed by atoms with Crippen LogP contribution in [0.25, 0.3) is 5.69 Å². The minimum atomic E-state index is -4.94. The Morgan fingerprint density at radius 2 is 2.08 bits per heavy atom. The number of alkyl halides is 3. The Kier molecular flexibility index (Phi) is 4.25. The van der Waals surface area contributed by atoms with Gasteiger partial charge in [0.05, 0.1) is 5.69 Å². The van der Waals surface area contributed by atoms with Crippen molar-refractivity contribution < 1.29 is 22.4 Å². The molecule has 130 valence electrons. The Balaban J connectivity index is 2.16. The van der Waals surface area contributed by atoms with Crippen LogP contribution in [0.5, 0.6) is 0 Å². The maximum absolute atomic E-state index is 13.5. The number of rotatable bonds is 2. The van der Waals surface area contributed by atoms with Crippen molar-refractivity contribution in [1.82, 2.24) is 19.6 Å². The van der Waals surface area contributed by atoms with Crippen molar-refractivity contribution >= 4 is 17.2 Å². The number of aryl methyl sites for hydroxylation is 1. The largest absolute Gasteiger partial charge is 0.435 e. The third-order valence-electron chi connectivity index (χ3n) is 3.15. The lowest BCUT2D eigenvalue weighted by atomic mass is 10.2. The van der Waals surface area contributed by atoms with E-state index in [-0.39, 0.29) is 10.5 Å². The normalized spacial score (nSPS) is 12.6. The van der Waals surface area contributed by atoms with Crippen molar-refractivity contribution in [1.29, 1.82) is 0 Å². The first kappa shape index (κ1) is 17.0. The summed E-state index contributed by atoms with van der Waals surface area (Å²) in [6, 6.07) is 4.38. The third kappa shape index (κ3) is 3.36. The van der Waals surface area contributed by atoms with Crippen LogP contribution in [-0.2, 0) is 13.2 Å². The minimum Gasteiger partial charge on any atom is -0.327 e. The lowest BCUT2D eigenvalue weighted by Gasteiger charge is -2.10. The zero-order valence-electron chi connectivity index (χ0n) is 12.5. The highest BCUT2D eigenvalue weighted by Crippen LogP contribution is 2.33. The first-order valence-corrected chi connectivity index (χ1v) is 7.63. The van der Waals surface area contributed by atoms with E-state index < -0.39 is 29.3 Å². The fourth-order valence-electron chi connectivity index (χ4n) is 2.04. The van der Waals surface area contributed by atoms with Gasteiger partial charge in [-0.3, -0.25) is 4.79 Å². The van der Waals surface area contributed by atoms with Crippen molar-refractivity contribution in [3.05, 3.63) is 57.8 Å². The van der Waals surface area contributed by atoms with Gasteiger partial charge in [0.15, 0.2) is 16.2 Å². The monoisotopic (exact) mass is 371 g/mol. The molecule has 11 heteroatoms. The summed E-state index contributed by atoms with van der Waals surface area (Å²) in [4.78, 5) is 16.0. The molecule has 0 aliphatic rings. The lowest BCUT2D eigenvalue weighted by Crippen LogP contribution is -2.19. The summed E-state index contributed by atoms with van der Waals surface area (Å²) in [6.45, 7) is 0. The minimum absolute atomic E-state index is 0.207. The summed E-state index contributed by atoms with van der Waals surface area (Å²) in [5.74, 6) is -1.93. The van der Waals surface area contributed by atoms with Gasteiger partial charge in [0.25, 0.3) is 0 Å². The number of carbonyl (C=O) groups excluding carboxylic acids is 1. The van der Waals surface area contributed by atoms with Crippen molar-refractivity contribution in [3.63, 3.8) is 0 Å². The number of hydrogen-bond acceptors (Lipinski definition) is 4. The zero-order chi connectivity index (χ0) is 18.2. The van der Waals surface area contributed by atoms with Gasteiger partial charge >= 0.3 is 12.1 Å². The van der Waals surface area contributed by atoms with Crippen LogP contribution < -0.4 is 4.80 Å². The van der Waals surface area contributed by atoms with E-state index in [2.05, 4.69) is 15.3 Å². The Hall–Kier alpha value is -2.82. The van der Waals surface area contributed by atoms with Crippen LogP contribution in [0.15, 0.2) is 40.8 Å². The Bertz CT molecular complexity index is 1000. The predicted octanol–water partition coefficient (Wildman–Crippen LogP) is 2.57. The summed E-state index contributed by atoms with van der Waals surface area (Å²) in [5, 5.41) is 8.31. The second kappa shape index (κ2) is 6.24. The topological polar surface area (TPSA) is 65.1 Å². The Labute approximate surface area is 141 Å².